The van der Waals surface area contributed by atoms with Crippen LogP contribution in [-0.2, 0) is 10.0 Å². The Hall–Kier alpha value is -0.660. The summed E-state index contributed by atoms with van der Waals surface area (Å²) in [7, 11) is -2.50. The monoisotopic (exact) mass is 366 g/mol. The Labute approximate surface area is 128 Å². The van der Waals surface area contributed by atoms with Gasteiger partial charge >= 0.3 is 0 Å². The minimum Gasteiger partial charge on any atom is -0.399 e. The van der Waals surface area contributed by atoms with Gasteiger partial charge in [0.1, 0.15) is 4.90 Å². The van der Waals surface area contributed by atoms with Crippen molar-refractivity contribution in [2.75, 3.05) is 12.8 Å². The molecule has 0 aliphatic carbocycles. The van der Waals surface area contributed by atoms with Crippen molar-refractivity contribution >= 4 is 31.6 Å². The molecule has 0 saturated carbocycles. The fourth-order valence-electron chi connectivity index (χ4n) is 1.68. The first-order valence-corrected chi connectivity index (χ1v) is 8.35. The molecule has 1 aromatic rings. The third-order valence-electron chi connectivity index (χ3n) is 3.47. The molecule has 0 bridgehead atoms. The van der Waals surface area contributed by atoms with E-state index in [0.717, 1.165) is 6.07 Å². The molecule has 20 heavy (non-hydrogen) atoms. The first-order valence-electron chi connectivity index (χ1n) is 6.11. The van der Waals surface area contributed by atoms with E-state index in [2.05, 4.69) is 15.9 Å². The van der Waals surface area contributed by atoms with Gasteiger partial charge in [-0.1, -0.05) is 20.8 Å². The van der Waals surface area contributed by atoms with Crippen LogP contribution in [-0.4, -0.2) is 25.8 Å². The minimum atomic E-state index is -3.95. The van der Waals surface area contributed by atoms with E-state index < -0.39 is 20.7 Å². The van der Waals surface area contributed by atoms with Crippen molar-refractivity contribution in [2.24, 2.45) is 5.41 Å². The largest absolute Gasteiger partial charge is 0.399 e. The molecule has 0 fully saturated rings. The summed E-state index contributed by atoms with van der Waals surface area (Å²) < 4.78 is 40.4. The van der Waals surface area contributed by atoms with Gasteiger partial charge in [-0.15, -0.1) is 0 Å². The molecule has 0 saturated heterocycles. The quantitative estimate of drug-likeness (QED) is 0.835. The lowest BCUT2D eigenvalue weighted by molar-refractivity contribution is 0.216. The SMILES string of the molecule is CC(N(C)S(=O)(=O)c1cc(N)cc(Br)c1F)C(C)(C)C. The standard InChI is InChI=1S/C13H20BrFN2O2S/c1-8(13(2,3)4)17(5)20(18,19)11-7-9(16)6-10(14)12(11)15/h6-8H,16H2,1-5H3. The van der Waals surface area contributed by atoms with Crippen LogP contribution >= 0.6 is 15.9 Å². The smallest absolute Gasteiger partial charge is 0.246 e. The van der Waals surface area contributed by atoms with E-state index in [1.165, 1.54) is 17.4 Å². The van der Waals surface area contributed by atoms with Gasteiger partial charge in [-0.2, -0.15) is 4.31 Å². The van der Waals surface area contributed by atoms with Crippen LogP contribution in [0.15, 0.2) is 21.5 Å². The summed E-state index contributed by atoms with van der Waals surface area (Å²) in [6.07, 6.45) is 0. The summed E-state index contributed by atoms with van der Waals surface area (Å²) in [5, 5.41) is 0. The molecule has 1 unspecified atom stereocenters. The third-order valence-corrected chi connectivity index (χ3v) is 5.98. The van der Waals surface area contributed by atoms with E-state index in [-0.39, 0.29) is 21.6 Å². The second-order valence-corrected chi connectivity index (χ2v) is 8.70. The third kappa shape index (κ3) is 3.32. The van der Waals surface area contributed by atoms with Gasteiger partial charge in [-0.05, 0) is 40.4 Å². The molecule has 1 rings (SSSR count). The van der Waals surface area contributed by atoms with Gasteiger partial charge in [0.15, 0.2) is 5.82 Å². The second kappa shape index (κ2) is 5.61. The lowest BCUT2D eigenvalue weighted by atomic mass is 9.88. The molecule has 0 heterocycles. The Morgan fingerprint density at radius 2 is 1.85 bits per heavy atom. The molecule has 2 N–H and O–H groups in total. The highest BCUT2D eigenvalue weighted by atomic mass is 79.9. The average molecular weight is 367 g/mol. The normalized spacial score (nSPS) is 14.6. The number of anilines is 1. The van der Waals surface area contributed by atoms with Crippen molar-refractivity contribution in [3.05, 3.63) is 22.4 Å². The van der Waals surface area contributed by atoms with Gasteiger partial charge in [0, 0.05) is 18.8 Å². The molecule has 0 radical (unpaired) electrons. The van der Waals surface area contributed by atoms with E-state index in [9.17, 15) is 12.8 Å². The van der Waals surface area contributed by atoms with Gasteiger partial charge in [0.2, 0.25) is 10.0 Å². The van der Waals surface area contributed by atoms with Crippen molar-refractivity contribution in [3.63, 3.8) is 0 Å². The predicted octanol–water partition coefficient (Wildman–Crippen LogP) is 3.23. The number of rotatable bonds is 3. The first-order chi connectivity index (χ1) is 8.89. The van der Waals surface area contributed by atoms with Crippen LogP contribution in [0.25, 0.3) is 0 Å². The molecule has 4 nitrogen and oxygen atoms in total. The van der Waals surface area contributed by atoms with Crippen LogP contribution in [0.5, 0.6) is 0 Å². The van der Waals surface area contributed by atoms with Gasteiger partial charge in [0.05, 0.1) is 4.47 Å². The van der Waals surface area contributed by atoms with Gasteiger partial charge < -0.3 is 5.73 Å². The molecule has 7 heteroatoms. The Bertz CT molecular complexity index is 612. The van der Waals surface area contributed by atoms with Crippen LogP contribution < -0.4 is 5.73 Å². The summed E-state index contributed by atoms with van der Waals surface area (Å²) in [6, 6.07) is 2.18. The number of halogens is 2. The Kier molecular flexibility index (Phi) is 4.88. The van der Waals surface area contributed by atoms with Crippen LogP contribution in [0.3, 0.4) is 0 Å². The molecule has 114 valence electrons. The highest BCUT2D eigenvalue weighted by molar-refractivity contribution is 9.10. The number of hydrogen-bond acceptors (Lipinski definition) is 3. The Balaban J connectivity index is 3.38. The summed E-state index contributed by atoms with van der Waals surface area (Å²) in [5.74, 6) is -0.827. The van der Waals surface area contributed by atoms with Gasteiger partial charge in [0.25, 0.3) is 0 Å². The zero-order valence-electron chi connectivity index (χ0n) is 12.2. The topological polar surface area (TPSA) is 63.4 Å². The maximum Gasteiger partial charge on any atom is 0.246 e. The number of hydrogen-bond donors (Lipinski definition) is 1. The lowest BCUT2D eigenvalue weighted by Gasteiger charge is -2.34. The van der Waals surface area contributed by atoms with Crippen LogP contribution in [0.4, 0.5) is 10.1 Å². The van der Waals surface area contributed by atoms with E-state index in [1.807, 2.05) is 20.8 Å². The highest BCUT2D eigenvalue weighted by Crippen LogP contribution is 2.31. The molecule has 0 amide bonds. The maximum atomic E-state index is 14.1. The molecule has 0 spiro atoms. The molecule has 0 aliphatic heterocycles. The predicted molar refractivity (Wildman–Crippen MR) is 82.4 cm³/mol. The van der Waals surface area contributed by atoms with Crippen LogP contribution in [0.1, 0.15) is 27.7 Å². The number of sulfonamides is 1. The first kappa shape index (κ1) is 17.4. The fraction of sp³-hybridized carbons (Fsp3) is 0.538. The van der Waals surface area contributed by atoms with Crippen molar-refractivity contribution in [2.45, 2.75) is 38.6 Å². The lowest BCUT2D eigenvalue weighted by Crippen LogP contribution is -2.43. The van der Waals surface area contributed by atoms with E-state index in [1.54, 1.807) is 6.92 Å². The van der Waals surface area contributed by atoms with Crippen molar-refractivity contribution in [3.8, 4) is 0 Å². The van der Waals surface area contributed by atoms with E-state index >= 15 is 0 Å². The van der Waals surface area contributed by atoms with Crippen LogP contribution in [0, 0.1) is 11.2 Å². The molecular formula is C13H20BrFN2O2S. The van der Waals surface area contributed by atoms with Crippen molar-refractivity contribution in [1.82, 2.24) is 4.31 Å². The number of nitrogens with two attached hydrogens (primary N) is 1. The van der Waals surface area contributed by atoms with Crippen LogP contribution in [0.2, 0.25) is 0 Å². The fourth-order valence-corrected chi connectivity index (χ4v) is 3.95. The van der Waals surface area contributed by atoms with E-state index in [4.69, 9.17) is 5.73 Å². The summed E-state index contributed by atoms with van der Waals surface area (Å²) >= 11 is 2.98. The maximum absolute atomic E-state index is 14.1. The second-order valence-electron chi connectivity index (χ2n) is 5.88. The summed E-state index contributed by atoms with van der Waals surface area (Å²) in [6.45, 7) is 7.57. The number of nitrogen functional groups attached to an aromatic ring is 1. The average Bonchev–Trinajstić information content (AvgIpc) is 2.30. The summed E-state index contributed by atoms with van der Waals surface area (Å²) in [5.41, 5.74) is 5.53. The number of benzene rings is 1. The zero-order chi connectivity index (χ0) is 15.9. The van der Waals surface area contributed by atoms with E-state index in [0.29, 0.717) is 0 Å². The van der Waals surface area contributed by atoms with Gasteiger partial charge in [-0.3, -0.25) is 0 Å². The Morgan fingerprint density at radius 1 is 1.35 bits per heavy atom. The Morgan fingerprint density at radius 3 is 2.30 bits per heavy atom. The van der Waals surface area contributed by atoms with Crippen molar-refractivity contribution in [1.29, 1.82) is 0 Å². The molecule has 0 aromatic heterocycles. The minimum absolute atomic E-state index is 0.0351. The molecular weight excluding hydrogens is 347 g/mol. The molecule has 1 atom stereocenters. The highest BCUT2D eigenvalue weighted by Gasteiger charge is 2.34. The number of nitrogens with zero attached hydrogens (tertiary/aromatic N) is 1. The zero-order valence-corrected chi connectivity index (χ0v) is 14.6. The summed E-state index contributed by atoms with van der Waals surface area (Å²) in [4.78, 5) is -0.414. The van der Waals surface area contributed by atoms with Crippen molar-refractivity contribution < 1.29 is 12.8 Å². The van der Waals surface area contributed by atoms with Gasteiger partial charge in [-0.25, -0.2) is 12.8 Å². The molecule has 0 aliphatic rings. The molecule has 1 aromatic carbocycles.